The molecule has 4 atom stereocenters. The number of epoxide rings is 1. The Morgan fingerprint density at radius 3 is 2.76 bits per heavy atom. The zero-order valence-electron chi connectivity index (χ0n) is 13.3. The van der Waals surface area contributed by atoms with E-state index in [1.807, 2.05) is 12.1 Å². The molecule has 1 aliphatic carbocycles. The van der Waals surface area contributed by atoms with Gasteiger partial charge in [-0.05, 0) is 18.1 Å². The molecule has 25 heavy (non-hydrogen) atoms. The minimum atomic E-state index is -1.27. The average molecular weight is 346 g/mol. The fourth-order valence-corrected chi connectivity index (χ4v) is 3.32. The minimum absolute atomic E-state index is 0.0913. The third-order valence-electron chi connectivity index (χ3n) is 4.64. The number of para-hydroxylation sites is 1. The molecule has 0 bridgehead atoms. The van der Waals surface area contributed by atoms with E-state index in [0.29, 0.717) is 29.9 Å². The number of fused-ring (bicyclic) bond motifs is 3. The minimum Gasteiger partial charge on any atom is -0.467 e. The maximum atomic E-state index is 12.4. The second kappa shape index (κ2) is 6.27. The monoisotopic (exact) mass is 346 g/mol. The topological polar surface area (TPSA) is 113 Å². The lowest BCUT2D eigenvalue weighted by atomic mass is 9.92. The Morgan fingerprint density at radius 1 is 1.16 bits per heavy atom. The van der Waals surface area contributed by atoms with E-state index in [0.717, 1.165) is 5.56 Å². The molecule has 0 amide bonds. The molecule has 3 N–H and O–H groups in total. The van der Waals surface area contributed by atoms with Crippen LogP contribution in [0.15, 0.2) is 39.5 Å². The van der Waals surface area contributed by atoms with E-state index in [1.165, 1.54) is 6.07 Å². The van der Waals surface area contributed by atoms with Crippen LogP contribution in [0.4, 0.5) is 0 Å². The van der Waals surface area contributed by atoms with E-state index in [9.17, 15) is 15.0 Å². The molecule has 1 aromatic heterocycles. The summed E-state index contributed by atoms with van der Waals surface area (Å²) in [6.45, 7) is -0.419. The third kappa shape index (κ3) is 2.85. The molecule has 7 heteroatoms. The molecular formula is C18H18O7. The number of aliphatic hydroxyl groups excluding tert-OH is 3. The Hall–Kier alpha value is -2.19. The number of aryl methyl sites for hydroxylation is 2. The molecule has 4 unspecified atom stereocenters. The third-order valence-corrected chi connectivity index (χ3v) is 4.64. The molecule has 2 aromatic rings. The van der Waals surface area contributed by atoms with Gasteiger partial charge < -0.3 is 29.2 Å². The largest absolute Gasteiger partial charge is 0.467 e. The van der Waals surface area contributed by atoms with Gasteiger partial charge in [0, 0.05) is 12.5 Å². The first-order valence-corrected chi connectivity index (χ1v) is 8.10. The van der Waals surface area contributed by atoms with E-state index >= 15 is 0 Å². The van der Waals surface area contributed by atoms with Crippen LogP contribution in [0.1, 0.15) is 34.9 Å². The van der Waals surface area contributed by atoms with Crippen molar-refractivity contribution in [2.75, 3.05) is 6.79 Å². The Kier molecular flexibility index (Phi) is 4.09. The van der Waals surface area contributed by atoms with Gasteiger partial charge in [-0.3, -0.25) is 4.79 Å². The zero-order chi connectivity index (χ0) is 17.6. The van der Waals surface area contributed by atoms with Crippen molar-refractivity contribution in [1.29, 1.82) is 0 Å². The summed E-state index contributed by atoms with van der Waals surface area (Å²) < 4.78 is 16.1. The van der Waals surface area contributed by atoms with Crippen LogP contribution in [0, 0.1) is 0 Å². The summed E-state index contributed by atoms with van der Waals surface area (Å²) in [7, 11) is 0. The van der Waals surface area contributed by atoms with E-state index in [2.05, 4.69) is 0 Å². The van der Waals surface area contributed by atoms with Crippen molar-refractivity contribution < 1.29 is 29.2 Å². The predicted molar refractivity (Wildman–Crippen MR) is 85.1 cm³/mol. The summed E-state index contributed by atoms with van der Waals surface area (Å²) in [4.78, 5) is 12.4. The van der Waals surface area contributed by atoms with Crippen molar-refractivity contribution in [3.63, 3.8) is 0 Å². The predicted octanol–water partition coefficient (Wildman–Crippen LogP) is 0.601. The highest BCUT2D eigenvalue weighted by Crippen LogP contribution is 2.49. The molecule has 2 aliphatic rings. The highest BCUT2D eigenvalue weighted by Gasteiger charge is 2.56. The second-order valence-corrected chi connectivity index (χ2v) is 6.19. The quantitative estimate of drug-likeness (QED) is 0.537. The van der Waals surface area contributed by atoms with Gasteiger partial charge in [0.05, 0.1) is 5.56 Å². The molecule has 1 aromatic carbocycles. The normalized spacial score (nSPS) is 26.7. The summed E-state index contributed by atoms with van der Waals surface area (Å²) in [5, 5.41) is 29.0. The van der Waals surface area contributed by atoms with E-state index in [4.69, 9.17) is 19.0 Å². The van der Waals surface area contributed by atoms with Gasteiger partial charge in [-0.2, -0.15) is 0 Å². The average Bonchev–Trinajstić information content (AvgIpc) is 3.39. The molecule has 0 radical (unpaired) electrons. The van der Waals surface area contributed by atoms with Crippen molar-refractivity contribution in [2.24, 2.45) is 0 Å². The van der Waals surface area contributed by atoms with Crippen LogP contribution >= 0.6 is 0 Å². The number of ether oxygens (including phenoxy) is 2. The summed E-state index contributed by atoms with van der Waals surface area (Å²) in [6, 6.07) is 8.67. The molecular weight excluding hydrogens is 328 g/mol. The molecule has 1 saturated heterocycles. The van der Waals surface area contributed by atoms with Crippen LogP contribution in [0.25, 0.3) is 0 Å². The van der Waals surface area contributed by atoms with Gasteiger partial charge >= 0.3 is 0 Å². The number of aliphatic hydroxyl groups is 3. The van der Waals surface area contributed by atoms with E-state index < -0.39 is 31.2 Å². The Bertz CT molecular complexity index is 844. The maximum absolute atomic E-state index is 12.4. The first-order valence-electron chi connectivity index (χ1n) is 8.10. The lowest BCUT2D eigenvalue weighted by Gasteiger charge is -2.21. The highest BCUT2D eigenvalue weighted by atomic mass is 16.6. The van der Waals surface area contributed by atoms with Crippen molar-refractivity contribution >= 4 is 0 Å². The lowest BCUT2D eigenvalue weighted by molar-refractivity contribution is -0.0137. The highest BCUT2D eigenvalue weighted by molar-refractivity contribution is 5.35. The Morgan fingerprint density at radius 2 is 1.96 bits per heavy atom. The van der Waals surface area contributed by atoms with E-state index in [1.54, 1.807) is 12.1 Å². The molecule has 1 fully saturated rings. The Labute approximate surface area is 143 Å². The van der Waals surface area contributed by atoms with Gasteiger partial charge in [0.1, 0.15) is 41.7 Å². The van der Waals surface area contributed by atoms with Gasteiger partial charge in [-0.25, -0.2) is 0 Å². The number of hydrogen-bond acceptors (Lipinski definition) is 7. The fourth-order valence-electron chi connectivity index (χ4n) is 3.32. The SMILES string of the molecule is O=c1cc(CCc2ccccc2OCO)oc2c1C1OC1C(O)C2O. The molecule has 4 rings (SSSR count). The van der Waals surface area contributed by atoms with Crippen LogP contribution < -0.4 is 10.2 Å². The second-order valence-electron chi connectivity index (χ2n) is 6.19. The maximum Gasteiger partial charge on any atom is 0.191 e. The van der Waals surface area contributed by atoms with Crippen molar-refractivity contribution in [3.8, 4) is 5.75 Å². The fraction of sp³-hybridized carbons (Fsp3) is 0.389. The zero-order valence-corrected chi connectivity index (χ0v) is 13.3. The molecule has 0 saturated carbocycles. The molecule has 1 aliphatic heterocycles. The molecule has 0 spiro atoms. The van der Waals surface area contributed by atoms with Crippen molar-refractivity contribution in [2.45, 2.75) is 37.3 Å². The van der Waals surface area contributed by atoms with Gasteiger partial charge in [0.25, 0.3) is 0 Å². The molecule has 7 nitrogen and oxygen atoms in total. The van der Waals surface area contributed by atoms with Gasteiger partial charge in [-0.15, -0.1) is 0 Å². The van der Waals surface area contributed by atoms with Crippen LogP contribution in [0.5, 0.6) is 5.75 Å². The van der Waals surface area contributed by atoms with Crippen molar-refractivity contribution in [3.05, 3.63) is 63.2 Å². The standard InChI is InChI=1S/C18H18O7/c19-8-23-12-4-2-1-3-9(12)5-6-10-7-11(20)13-16(24-10)14(21)15(22)18-17(13)25-18/h1-4,7,14-15,17-19,21-22H,5-6,8H2. The summed E-state index contributed by atoms with van der Waals surface area (Å²) >= 11 is 0. The van der Waals surface area contributed by atoms with Gasteiger partial charge in [0.2, 0.25) is 0 Å². The number of hydrogen-bond donors (Lipinski definition) is 3. The van der Waals surface area contributed by atoms with Crippen LogP contribution in [0.3, 0.4) is 0 Å². The van der Waals surface area contributed by atoms with Crippen molar-refractivity contribution in [1.82, 2.24) is 0 Å². The van der Waals surface area contributed by atoms with Crippen LogP contribution in [0.2, 0.25) is 0 Å². The lowest BCUT2D eigenvalue weighted by Crippen LogP contribution is -2.32. The summed E-state index contributed by atoms with van der Waals surface area (Å²) in [5.41, 5.74) is 0.910. The van der Waals surface area contributed by atoms with Crippen LogP contribution in [-0.4, -0.2) is 34.3 Å². The first-order chi connectivity index (χ1) is 12.1. The van der Waals surface area contributed by atoms with Gasteiger partial charge in [-0.1, -0.05) is 18.2 Å². The molecule has 2 heterocycles. The van der Waals surface area contributed by atoms with E-state index in [-0.39, 0.29) is 11.2 Å². The summed E-state index contributed by atoms with van der Waals surface area (Å²) in [6.07, 6.45) is -2.44. The smallest absolute Gasteiger partial charge is 0.191 e. The molecule has 132 valence electrons. The Balaban J connectivity index is 1.59. The number of rotatable bonds is 5. The van der Waals surface area contributed by atoms with Crippen LogP contribution in [-0.2, 0) is 17.6 Å². The first kappa shape index (κ1) is 16.3. The summed E-state index contributed by atoms with van der Waals surface area (Å²) in [5.74, 6) is 1.07. The van der Waals surface area contributed by atoms with Gasteiger partial charge in [0.15, 0.2) is 12.2 Å². The number of benzene rings is 1.